The molecule has 0 saturated heterocycles. The molecule has 0 radical (unpaired) electrons. The number of aryl methyl sites for hydroxylation is 1. The average molecular weight is 322 g/mol. The highest BCUT2D eigenvalue weighted by Crippen LogP contribution is 2.15. The van der Waals surface area contributed by atoms with E-state index in [1.165, 1.54) is 44.1 Å². The Morgan fingerprint density at radius 3 is 2.35 bits per heavy atom. The van der Waals surface area contributed by atoms with Crippen LogP contribution in [0.1, 0.15) is 57.4 Å². The van der Waals surface area contributed by atoms with E-state index in [0.717, 1.165) is 12.2 Å². The topological polar surface area (TPSA) is 55.8 Å². The van der Waals surface area contributed by atoms with Crippen molar-refractivity contribution in [2.24, 2.45) is 0 Å². The van der Waals surface area contributed by atoms with E-state index < -0.39 is 5.97 Å². The minimum atomic E-state index is -0.841. The summed E-state index contributed by atoms with van der Waals surface area (Å²) in [5, 5.41) is 8.48. The highest BCUT2D eigenvalue weighted by Gasteiger charge is 1.99. The van der Waals surface area contributed by atoms with Crippen LogP contribution in [0, 0.1) is 0 Å². The van der Waals surface area contributed by atoms with Crippen molar-refractivity contribution in [3.05, 3.63) is 29.8 Å². The van der Waals surface area contributed by atoms with Gasteiger partial charge in [0.2, 0.25) is 0 Å². The number of carboxylic acids is 1. The molecule has 0 spiro atoms. The average Bonchev–Trinajstić information content (AvgIpc) is 2.55. The minimum Gasteiger partial charge on any atom is -0.491 e. The monoisotopic (exact) mass is 322 g/mol. The van der Waals surface area contributed by atoms with E-state index in [1.807, 2.05) is 12.1 Å². The van der Waals surface area contributed by atoms with E-state index >= 15 is 0 Å². The van der Waals surface area contributed by atoms with E-state index in [9.17, 15) is 4.79 Å². The molecule has 1 N–H and O–H groups in total. The van der Waals surface area contributed by atoms with Crippen LogP contribution in [0.3, 0.4) is 0 Å². The molecule has 0 fully saturated rings. The summed E-state index contributed by atoms with van der Waals surface area (Å²) in [4.78, 5) is 10.3. The third-order valence-electron chi connectivity index (χ3n) is 3.70. The molecule has 0 aliphatic heterocycles. The SMILES string of the molecule is CCCCCCCCc1ccc(OCCOCCC(=O)O)cc1. The largest absolute Gasteiger partial charge is 0.491 e. The van der Waals surface area contributed by atoms with Gasteiger partial charge in [0, 0.05) is 0 Å². The lowest BCUT2D eigenvalue weighted by Crippen LogP contribution is -2.09. The number of hydrogen-bond acceptors (Lipinski definition) is 3. The Hall–Kier alpha value is -1.55. The van der Waals surface area contributed by atoms with Crippen LogP contribution in [0.2, 0.25) is 0 Å². The summed E-state index contributed by atoms with van der Waals surface area (Å²) in [5.74, 6) is -0.00889. The molecule has 1 aromatic carbocycles. The molecule has 0 aliphatic rings. The number of aliphatic carboxylic acids is 1. The van der Waals surface area contributed by atoms with E-state index in [0.29, 0.717) is 13.2 Å². The Morgan fingerprint density at radius 1 is 0.957 bits per heavy atom. The number of carbonyl (C=O) groups is 1. The zero-order chi connectivity index (χ0) is 16.8. The zero-order valence-electron chi connectivity index (χ0n) is 14.3. The molecule has 0 unspecified atom stereocenters. The predicted octanol–water partition coefficient (Wildman–Crippen LogP) is 4.46. The Balaban J connectivity index is 2.07. The molecule has 0 aromatic heterocycles. The van der Waals surface area contributed by atoms with E-state index in [1.54, 1.807) is 0 Å². The second-order valence-corrected chi connectivity index (χ2v) is 5.77. The van der Waals surface area contributed by atoms with Gasteiger partial charge in [-0.3, -0.25) is 4.79 Å². The van der Waals surface area contributed by atoms with E-state index in [-0.39, 0.29) is 13.0 Å². The minimum absolute atomic E-state index is 0.0349. The van der Waals surface area contributed by atoms with Gasteiger partial charge >= 0.3 is 5.97 Å². The third kappa shape index (κ3) is 10.7. The van der Waals surface area contributed by atoms with Gasteiger partial charge in [-0.2, -0.15) is 0 Å². The highest BCUT2D eigenvalue weighted by molar-refractivity contribution is 5.66. The maximum atomic E-state index is 10.3. The number of rotatable bonds is 14. The van der Waals surface area contributed by atoms with Crippen molar-refractivity contribution < 1.29 is 19.4 Å². The maximum Gasteiger partial charge on any atom is 0.305 e. The molecule has 0 aliphatic carbocycles. The Labute approximate surface area is 139 Å². The van der Waals surface area contributed by atoms with Gasteiger partial charge in [-0.25, -0.2) is 0 Å². The fourth-order valence-corrected chi connectivity index (χ4v) is 2.34. The molecule has 1 rings (SSSR count). The van der Waals surface area contributed by atoms with Gasteiger partial charge in [0.05, 0.1) is 19.6 Å². The smallest absolute Gasteiger partial charge is 0.305 e. The standard InChI is InChI=1S/C19H30O4/c1-2-3-4-5-6-7-8-17-9-11-18(12-10-17)23-16-15-22-14-13-19(20)21/h9-12H,2-8,13-16H2,1H3,(H,20,21). The van der Waals surface area contributed by atoms with Gasteiger partial charge in [-0.15, -0.1) is 0 Å². The summed E-state index contributed by atoms with van der Waals surface area (Å²) in [6.45, 7) is 3.32. The fraction of sp³-hybridized carbons (Fsp3) is 0.632. The number of carboxylic acid groups (broad SMARTS) is 1. The summed E-state index contributed by atoms with van der Waals surface area (Å²) >= 11 is 0. The number of hydrogen-bond donors (Lipinski definition) is 1. The van der Waals surface area contributed by atoms with Crippen LogP contribution in [0.25, 0.3) is 0 Å². The van der Waals surface area contributed by atoms with Crippen molar-refractivity contribution in [1.29, 1.82) is 0 Å². The van der Waals surface area contributed by atoms with Crippen LogP contribution in [0.15, 0.2) is 24.3 Å². The first kappa shape index (κ1) is 19.5. The van der Waals surface area contributed by atoms with Crippen LogP contribution in [-0.2, 0) is 16.0 Å². The van der Waals surface area contributed by atoms with E-state index in [2.05, 4.69) is 19.1 Å². The predicted molar refractivity (Wildman–Crippen MR) is 92.1 cm³/mol. The lowest BCUT2D eigenvalue weighted by molar-refractivity contribution is -0.138. The number of ether oxygens (including phenoxy) is 2. The molecule has 130 valence electrons. The summed E-state index contributed by atoms with van der Waals surface area (Å²) in [6.07, 6.45) is 9.08. The second-order valence-electron chi connectivity index (χ2n) is 5.77. The highest BCUT2D eigenvalue weighted by atomic mass is 16.5. The molecule has 0 heterocycles. The fourth-order valence-electron chi connectivity index (χ4n) is 2.34. The lowest BCUT2D eigenvalue weighted by atomic mass is 10.0. The lowest BCUT2D eigenvalue weighted by Gasteiger charge is -2.08. The number of benzene rings is 1. The molecule has 0 atom stereocenters. The zero-order valence-corrected chi connectivity index (χ0v) is 14.3. The van der Waals surface area contributed by atoms with Crippen molar-refractivity contribution >= 4 is 5.97 Å². The molecular weight excluding hydrogens is 292 g/mol. The van der Waals surface area contributed by atoms with Gasteiger partial charge < -0.3 is 14.6 Å². The van der Waals surface area contributed by atoms with Crippen molar-refractivity contribution in [1.82, 2.24) is 0 Å². The van der Waals surface area contributed by atoms with Gasteiger partial charge in [0.1, 0.15) is 12.4 Å². The normalized spacial score (nSPS) is 10.7. The molecule has 1 aromatic rings. The van der Waals surface area contributed by atoms with Crippen molar-refractivity contribution in [2.45, 2.75) is 58.3 Å². The van der Waals surface area contributed by atoms with Gasteiger partial charge in [-0.05, 0) is 30.5 Å². The first-order valence-corrected chi connectivity index (χ1v) is 8.73. The summed E-state index contributed by atoms with van der Waals surface area (Å²) < 4.78 is 10.7. The molecule has 0 amide bonds. The summed E-state index contributed by atoms with van der Waals surface area (Å²) in [6, 6.07) is 8.21. The van der Waals surface area contributed by atoms with Crippen molar-refractivity contribution in [3.63, 3.8) is 0 Å². The summed E-state index contributed by atoms with van der Waals surface area (Å²) in [5.41, 5.74) is 1.35. The van der Waals surface area contributed by atoms with Gasteiger partial charge in [0.15, 0.2) is 0 Å². The van der Waals surface area contributed by atoms with Crippen LogP contribution in [0.4, 0.5) is 0 Å². The van der Waals surface area contributed by atoms with Crippen molar-refractivity contribution in [3.8, 4) is 5.75 Å². The van der Waals surface area contributed by atoms with Crippen LogP contribution >= 0.6 is 0 Å². The van der Waals surface area contributed by atoms with Crippen LogP contribution in [0.5, 0.6) is 5.75 Å². The summed E-state index contributed by atoms with van der Waals surface area (Å²) in [7, 11) is 0. The Bertz CT molecular complexity index is 414. The van der Waals surface area contributed by atoms with E-state index in [4.69, 9.17) is 14.6 Å². The molecule has 4 heteroatoms. The molecule has 0 saturated carbocycles. The quantitative estimate of drug-likeness (QED) is 0.514. The molecule has 23 heavy (non-hydrogen) atoms. The first-order chi connectivity index (χ1) is 11.2. The molecular formula is C19H30O4. The number of unbranched alkanes of at least 4 members (excludes halogenated alkanes) is 5. The first-order valence-electron chi connectivity index (χ1n) is 8.73. The van der Waals surface area contributed by atoms with Gasteiger partial charge in [-0.1, -0.05) is 51.2 Å². The van der Waals surface area contributed by atoms with Gasteiger partial charge in [0.25, 0.3) is 0 Å². The maximum absolute atomic E-state index is 10.3. The molecule has 4 nitrogen and oxygen atoms in total. The second kappa shape index (κ2) is 12.9. The Morgan fingerprint density at radius 2 is 1.65 bits per heavy atom. The third-order valence-corrected chi connectivity index (χ3v) is 3.70. The molecule has 0 bridgehead atoms. The van der Waals surface area contributed by atoms with Crippen LogP contribution < -0.4 is 4.74 Å². The van der Waals surface area contributed by atoms with Crippen LogP contribution in [-0.4, -0.2) is 30.9 Å². The van der Waals surface area contributed by atoms with Crippen molar-refractivity contribution in [2.75, 3.05) is 19.8 Å². The Kier molecular flexibility index (Phi) is 11.0.